The number of hydrogen-bond acceptors (Lipinski definition) is 3. The lowest BCUT2D eigenvalue weighted by atomic mass is 9.95. The molecule has 24 heavy (non-hydrogen) atoms. The maximum atomic E-state index is 12.8. The fourth-order valence-corrected chi connectivity index (χ4v) is 2.95. The van der Waals surface area contributed by atoms with Crippen molar-refractivity contribution in [2.24, 2.45) is 5.92 Å². The second kappa shape index (κ2) is 10.3. The van der Waals surface area contributed by atoms with E-state index >= 15 is 0 Å². The molecule has 0 spiro atoms. The van der Waals surface area contributed by atoms with Gasteiger partial charge in [0.2, 0.25) is 11.8 Å². The average molecular weight is 354 g/mol. The van der Waals surface area contributed by atoms with Crippen LogP contribution in [0.1, 0.15) is 33.1 Å². The zero-order valence-corrected chi connectivity index (χ0v) is 15.3. The number of hydrogen-bond donors (Lipinski definition) is 2. The summed E-state index contributed by atoms with van der Waals surface area (Å²) >= 11 is 0. The van der Waals surface area contributed by atoms with E-state index in [1.807, 2.05) is 44.2 Å². The summed E-state index contributed by atoms with van der Waals surface area (Å²) in [6, 6.07) is 8.90. The summed E-state index contributed by atoms with van der Waals surface area (Å²) < 4.78 is 0. The van der Waals surface area contributed by atoms with Crippen LogP contribution in [-0.2, 0) is 9.59 Å². The molecule has 1 aliphatic heterocycles. The van der Waals surface area contributed by atoms with Crippen molar-refractivity contribution in [3.63, 3.8) is 0 Å². The molecule has 1 aromatic rings. The van der Waals surface area contributed by atoms with E-state index in [-0.39, 0.29) is 30.1 Å². The predicted molar refractivity (Wildman–Crippen MR) is 99.4 cm³/mol. The lowest BCUT2D eigenvalue weighted by Gasteiger charge is -2.33. The second-order valence-electron chi connectivity index (χ2n) is 6.09. The Labute approximate surface area is 150 Å². The topological polar surface area (TPSA) is 61.4 Å². The van der Waals surface area contributed by atoms with Gasteiger partial charge in [-0.2, -0.15) is 0 Å². The number of halogens is 1. The molecular formula is C18H28ClN3O2. The van der Waals surface area contributed by atoms with Crippen LogP contribution in [-0.4, -0.2) is 42.4 Å². The summed E-state index contributed by atoms with van der Waals surface area (Å²) in [4.78, 5) is 27.0. The minimum absolute atomic E-state index is 0. The van der Waals surface area contributed by atoms with E-state index < -0.39 is 6.04 Å². The highest BCUT2D eigenvalue weighted by atomic mass is 35.5. The largest absolute Gasteiger partial charge is 0.331 e. The Kier molecular flexibility index (Phi) is 8.79. The molecule has 0 aromatic heterocycles. The molecule has 1 atom stereocenters. The van der Waals surface area contributed by atoms with Crippen molar-refractivity contribution >= 4 is 29.9 Å². The summed E-state index contributed by atoms with van der Waals surface area (Å²) in [6.45, 7) is 6.21. The lowest BCUT2D eigenvalue weighted by molar-refractivity contribution is -0.142. The van der Waals surface area contributed by atoms with Crippen LogP contribution in [0, 0.1) is 5.92 Å². The molecule has 1 saturated heterocycles. The highest BCUT2D eigenvalue weighted by Gasteiger charge is 2.31. The summed E-state index contributed by atoms with van der Waals surface area (Å²) in [5, 5.41) is 6.17. The molecule has 1 aliphatic rings. The summed E-state index contributed by atoms with van der Waals surface area (Å²) in [5.41, 5.74) is 0.759. The number of rotatable bonds is 6. The number of piperidine rings is 1. The van der Waals surface area contributed by atoms with Gasteiger partial charge in [0.05, 0.1) is 0 Å². The number of amides is 2. The Hall–Kier alpha value is -1.59. The van der Waals surface area contributed by atoms with Crippen LogP contribution < -0.4 is 10.6 Å². The maximum absolute atomic E-state index is 12.8. The summed E-state index contributed by atoms with van der Waals surface area (Å²) in [5.74, 6) is 0.0192. The molecule has 0 aliphatic carbocycles. The van der Waals surface area contributed by atoms with Gasteiger partial charge in [0.1, 0.15) is 6.04 Å². The number of nitrogens with zero attached hydrogens (tertiary/aromatic N) is 1. The molecule has 5 nitrogen and oxygen atoms in total. The zero-order valence-electron chi connectivity index (χ0n) is 14.5. The molecule has 0 saturated carbocycles. The van der Waals surface area contributed by atoms with Gasteiger partial charge in [0, 0.05) is 18.2 Å². The quantitative estimate of drug-likeness (QED) is 0.826. The van der Waals surface area contributed by atoms with Crippen LogP contribution in [0.25, 0.3) is 0 Å². The maximum Gasteiger partial charge on any atom is 0.246 e. The van der Waals surface area contributed by atoms with Crippen molar-refractivity contribution in [3.8, 4) is 0 Å². The van der Waals surface area contributed by atoms with Crippen LogP contribution in [0.3, 0.4) is 0 Å². The Morgan fingerprint density at radius 3 is 2.46 bits per heavy atom. The number of carbonyl (C=O) groups is 2. The van der Waals surface area contributed by atoms with Gasteiger partial charge < -0.3 is 15.5 Å². The van der Waals surface area contributed by atoms with Gasteiger partial charge >= 0.3 is 0 Å². The third-order valence-electron chi connectivity index (χ3n) is 4.32. The van der Waals surface area contributed by atoms with Gasteiger partial charge in [-0.05, 0) is 51.4 Å². The molecule has 1 aromatic carbocycles. The van der Waals surface area contributed by atoms with Crippen molar-refractivity contribution in [2.45, 2.75) is 39.2 Å². The highest BCUT2D eigenvalue weighted by molar-refractivity contribution is 5.97. The van der Waals surface area contributed by atoms with Gasteiger partial charge in [-0.1, -0.05) is 25.1 Å². The molecule has 134 valence electrons. The van der Waals surface area contributed by atoms with E-state index in [2.05, 4.69) is 10.6 Å². The number of carbonyl (C=O) groups excluding carboxylic acids is 2. The zero-order chi connectivity index (χ0) is 16.7. The minimum Gasteiger partial charge on any atom is -0.331 e. The minimum atomic E-state index is -0.461. The Bertz CT molecular complexity index is 518. The van der Waals surface area contributed by atoms with E-state index in [1.165, 1.54) is 0 Å². The first-order valence-corrected chi connectivity index (χ1v) is 8.50. The predicted octanol–water partition coefficient (Wildman–Crippen LogP) is 2.67. The van der Waals surface area contributed by atoms with Crippen molar-refractivity contribution in [2.75, 3.05) is 25.0 Å². The fourth-order valence-electron chi connectivity index (χ4n) is 2.95. The van der Waals surface area contributed by atoms with E-state index in [4.69, 9.17) is 0 Å². The normalized spacial score (nSPS) is 15.9. The molecular weight excluding hydrogens is 326 g/mol. The smallest absolute Gasteiger partial charge is 0.246 e. The fraction of sp³-hybridized carbons (Fsp3) is 0.556. The van der Waals surface area contributed by atoms with E-state index in [9.17, 15) is 9.59 Å². The van der Waals surface area contributed by atoms with E-state index in [0.29, 0.717) is 6.54 Å². The third-order valence-corrected chi connectivity index (χ3v) is 4.32. The molecule has 1 heterocycles. The van der Waals surface area contributed by atoms with Gasteiger partial charge in [0.15, 0.2) is 0 Å². The van der Waals surface area contributed by atoms with Crippen LogP contribution >= 0.6 is 12.4 Å². The lowest BCUT2D eigenvalue weighted by Crippen LogP contribution is -2.49. The Morgan fingerprint density at radius 1 is 1.25 bits per heavy atom. The van der Waals surface area contributed by atoms with Gasteiger partial charge in [-0.15, -0.1) is 12.4 Å². The van der Waals surface area contributed by atoms with Crippen LogP contribution in [0.15, 0.2) is 30.3 Å². The van der Waals surface area contributed by atoms with Gasteiger partial charge in [-0.3, -0.25) is 9.59 Å². The monoisotopic (exact) mass is 353 g/mol. The molecule has 1 unspecified atom stereocenters. The molecule has 0 radical (unpaired) electrons. The van der Waals surface area contributed by atoms with Crippen LogP contribution in [0.4, 0.5) is 5.69 Å². The van der Waals surface area contributed by atoms with Crippen molar-refractivity contribution in [3.05, 3.63) is 30.3 Å². The van der Waals surface area contributed by atoms with Crippen LogP contribution in [0.2, 0.25) is 0 Å². The van der Waals surface area contributed by atoms with E-state index in [1.54, 1.807) is 4.90 Å². The van der Waals surface area contributed by atoms with Crippen molar-refractivity contribution in [1.29, 1.82) is 0 Å². The first-order chi connectivity index (χ1) is 11.1. The second-order valence-corrected chi connectivity index (χ2v) is 6.09. The van der Waals surface area contributed by atoms with Crippen LogP contribution in [0.5, 0.6) is 0 Å². The molecule has 6 heteroatoms. The van der Waals surface area contributed by atoms with Crippen molar-refractivity contribution in [1.82, 2.24) is 10.2 Å². The SMILES string of the molecule is CCCN(C(=O)C1CCNCC1)C(C)C(=O)Nc1ccccc1.Cl. The number of anilines is 1. The molecule has 0 bridgehead atoms. The van der Waals surface area contributed by atoms with Gasteiger partial charge in [0.25, 0.3) is 0 Å². The van der Waals surface area contributed by atoms with Crippen molar-refractivity contribution < 1.29 is 9.59 Å². The number of para-hydroxylation sites is 1. The van der Waals surface area contributed by atoms with E-state index in [0.717, 1.165) is 38.0 Å². The highest BCUT2D eigenvalue weighted by Crippen LogP contribution is 2.18. The third kappa shape index (κ3) is 5.49. The summed E-state index contributed by atoms with van der Waals surface area (Å²) in [7, 11) is 0. The molecule has 2 amide bonds. The first-order valence-electron chi connectivity index (χ1n) is 8.50. The molecule has 1 fully saturated rings. The average Bonchev–Trinajstić information content (AvgIpc) is 2.60. The first kappa shape index (κ1) is 20.5. The Morgan fingerprint density at radius 2 is 1.88 bits per heavy atom. The Balaban J connectivity index is 0.00000288. The van der Waals surface area contributed by atoms with Gasteiger partial charge in [-0.25, -0.2) is 0 Å². The molecule has 2 rings (SSSR count). The standard InChI is InChI=1S/C18H27N3O2.ClH/c1-3-13-21(18(23)15-9-11-19-12-10-15)14(2)17(22)20-16-7-5-4-6-8-16;/h4-8,14-15,19H,3,9-13H2,1-2H3,(H,20,22);1H. The number of nitrogens with one attached hydrogen (secondary N) is 2. The molecule has 2 N–H and O–H groups in total. The summed E-state index contributed by atoms with van der Waals surface area (Å²) in [6.07, 6.45) is 2.55. The number of benzene rings is 1.